The van der Waals surface area contributed by atoms with Crippen molar-refractivity contribution in [3.63, 3.8) is 0 Å². The average Bonchev–Trinajstić information content (AvgIpc) is 2.83. The first kappa shape index (κ1) is 14.0. The summed E-state index contributed by atoms with van der Waals surface area (Å²) in [4.78, 5) is 9.26. The first-order chi connectivity index (χ1) is 9.72. The Morgan fingerprint density at radius 3 is 2.95 bits per heavy atom. The van der Waals surface area contributed by atoms with E-state index in [0.29, 0.717) is 0 Å². The lowest BCUT2D eigenvalue weighted by Crippen LogP contribution is -2.34. The molecular weight excluding hydrogens is 246 g/mol. The van der Waals surface area contributed by atoms with E-state index in [1.54, 1.807) is 0 Å². The minimum absolute atomic E-state index is 0.905. The van der Waals surface area contributed by atoms with E-state index >= 15 is 0 Å². The standard InChI is InChI=1S/C17H27N3/c1-19(2)11-15-6-3-7-16-12-20(13-17(15)16)10-14-5-4-8-18-9-14/h4-5,8-9,15-17H,3,6-7,10-13H2,1-2H3/t15-,16+,17+/m0/s1. The lowest BCUT2D eigenvalue weighted by molar-refractivity contribution is 0.158. The zero-order chi connectivity index (χ0) is 13.9. The van der Waals surface area contributed by atoms with Gasteiger partial charge in [0, 0.05) is 38.6 Å². The summed E-state index contributed by atoms with van der Waals surface area (Å²) in [5, 5.41) is 0. The molecular formula is C17H27N3. The fraction of sp³-hybridized carbons (Fsp3) is 0.706. The van der Waals surface area contributed by atoms with Crippen LogP contribution in [0.25, 0.3) is 0 Å². The monoisotopic (exact) mass is 273 g/mol. The Morgan fingerprint density at radius 1 is 1.30 bits per heavy atom. The van der Waals surface area contributed by atoms with Crippen LogP contribution in [0.15, 0.2) is 24.5 Å². The predicted octanol–water partition coefficient (Wildman–Crippen LogP) is 2.49. The van der Waals surface area contributed by atoms with Gasteiger partial charge in [0.2, 0.25) is 0 Å². The lowest BCUT2D eigenvalue weighted by Gasteiger charge is -2.34. The topological polar surface area (TPSA) is 19.4 Å². The number of likely N-dealkylation sites (tertiary alicyclic amines) is 1. The molecule has 0 radical (unpaired) electrons. The van der Waals surface area contributed by atoms with Crippen LogP contribution in [0, 0.1) is 17.8 Å². The summed E-state index contributed by atoms with van der Waals surface area (Å²) in [6, 6.07) is 4.25. The van der Waals surface area contributed by atoms with Crippen molar-refractivity contribution in [3.05, 3.63) is 30.1 Å². The molecule has 1 saturated heterocycles. The number of hydrogen-bond donors (Lipinski definition) is 0. The highest BCUT2D eigenvalue weighted by Crippen LogP contribution is 2.40. The molecule has 3 rings (SSSR count). The van der Waals surface area contributed by atoms with Gasteiger partial charge < -0.3 is 4.90 Å². The van der Waals surface area contributed by atoms with Crippen LogP contribution >= 0.6 is 0 Å². The Bertz CT molecular complexity index is 418. The van der Waals surface area contributed by atoms with Gasteiger partial charge in [0.25, 0.3) is 0 Å². The molecule has 3 heteroatoms. The van der Waals surface area contributed by atoms with Gasteiger partial charge in [0.1, 0.15) is 0 Å². The molecule has 2 aliphatic rings. The van der Waals surface area contributed by atoms with Gasteiger partial charge in [0.05, 0.1) is 0 Å². The SMILES string of the molecule is CN(C)C[C@@H]1CCC[C@@H]2CN(Cc3cccnc3)C[C@@H]21. The molecule has 0 bridgehead atoms. The van der Waals surface area contributed by atoms with E-state index in [1.807, 2.05) is 18.5 Å². The van der Waals surface area contributed by atoms with Crippen LogP contribution in [0.5, 0.6) is 0 Å². The second kappa shape index (κ2) is 6.23. The lowest BCUT2D eigenvalue weighted by atomic mass is 9.74. The Labute approximate surface area is 123 Å². The van der Waals surface area contributed by atoms with E-state index in [9.17, 15) is 0 Å². The second-order valence-electron chi connectivity index (χ2n) is 6.93. The van der Waals surface area contributed by atoms with E-state index in [1.165, 1.54) is 44.5 Å². The fourth-order valence-corrected chi connectivity index (χ4v) is 4.26. The summed E-state index contributed by atoms with van der Waals surface area (Å²) in [5.74, 6) is 2.76. The molecule has 0 N–H and O–H groups in total. The van der Waals surface area contributed by atoms with Crippen LogP contribution in [-0.2, 0) is 6.54 Å². The van der Waals surface area contributed by atoms with Crippen LogP contribution in [0.1, 0.15) is 24.8 Å². The van der Waals surface area contributed by atoms with Crippen molar-refractivity contribution in [2.45, 2.75) is 25.8 Å². The average molecular weight is 273 g/mol. The maximum absolute atomic E-state index is 4.24. The number of aromatic nitrogens is 1. The van der Waals surface area contributed by atoms with Crippen LogP contribution in [0.2, 0.25) is 0 Å². The highest BCUT2D eigenvalue weighted by Gasteiger charge is 2.39. The van der Waals surface area contributed by atoms with Gasteiger partial charge in [-0.2, -0.15) is 0 Å². The van der Waals surface area contributed by atoms with Crippen LogP contribution in [-0.4, -0.2) is 48.5 Å². The van der Waals surface area contributed by atoms with E-state index in [2.05, 4.69) is 34.9 Å². The van der Waals surface area contributed by atoms with Crippen molar-refractivity contribution in [2.24, 2.45) is 17.8 Å². The molecule has 1 aromatic heterocycles. The summed E-state index contributed by atoms with van der Waals surface area (Å²) in [6.07, 6.45) is 8.18. The fourth-order valence-electron chi connectivity index (χ4n) is 4.26. The zero-order valence-corrected chi connectivity index (χ0v) is 12.8. The predicted molar refractivity (Wildman–Crippen MR) is 82.4 cm³/mol. The Hall–Kier alpha value is -0.930. The summed E-state index contributed by atoms with van der Waals surface area (Å²) < 4.78 is 0. The molecule has 2 fully saturated rings. The number of hydrogen-bond acceptors (Lipinski definition) is 3. The van der Waals surface area contributed by atoms with Gasteiger partial charge in [-0.15, -0.1) is 0 Å². The van der Waals surface area contributed by atoms with E-state index in [4.69, 9.17) is 0 Å². The Morgan fingerprint density at radius 2 is 2.20 bits per heavy atom. The molecule has 110 valence electrons. The number of pyridine rings is 1. The van der Waals surface area contributed by atoms with Crippen LogP contribution in [0.3, 0.4) is 0 Å². The number of fused-ring (bicyclic) bond motifs is 1. The number of nitrogens with zero attached hydrogens (tertiary/aromatic N) is 3. The Balaban J connectivity index is 1.62. The summed E-state index contributed by atoms with van der Waals surface area (Å²) >= 11 is 0. The summed E-state index contributed by atoms with van der Waals surface area (Å²) in [7, 11) is 4.43. The third-order valence-electron chi connectivity index (χ3n) is 5.05. The maximum atomic E-state index is 4.24. The van der Waals surface area contributed by atoms with Crippen LogP contribution in [0.4, 0.5) is 0 Å². The van der Waals surface area contributed by atoms with Gasteiger partial charge in [-0.3, -0.25) is 9.88 Å². The normalized spacial score (nSPS) is 30.6. The molecule has 3 atom stereocenters. The van der Waals surface area contributed by atoms with Gasteiger partial charge in [0.15, 0.2) is 0 Å². The molecule has 1 saturated carbocycles. The first-order valence-electron chi connectivity index (χ1n) is 7.98. The zero-order valence-electron chi connectivity index (χ0n) is 12.8. The summed E-state index contributed by atoms with van der Waals surface area (Å²) in [5.41, 5.74) is 1.36. The van der Waals surface area contributed by atoms with Gasteiger partial charge in [-0.05, 0) is 56.3 Å². The van der Waals surface area contributed by atoms with E-state index < -0.39 is 0 Å². The molecule has 0 aromatic carbocycles. The second-order valence-corrected chi connectivity index (χ2v) is 6.93. The first-order valence-corrected chi connectivity index (χ1v) is 7.98. The molecule has 1 aliphatic carbocycles. The molecule has 2 heterocycles. The molecule has 0 unspecified atom stereocenters. The molecule has 1 aromatic rings. The van der Waals surface area contributed by atoms with E-state index in [0.717, 1.165) is 24.3 Å². The molecule has 0 spiro atoms. The third kappa shape index (κ3) is 3.21. The summed E-state index contributed by atoms with van der Waals surface area (Å²) in [6.45, 7) is 4.93. The molecule has 3 nitrogen and oxygen atoms in total. The molecule has 0 amide bonds. The van der Waals surface area contributed by atoms with Crippen molar-refractivity contribution >= 4 is 0 Å². The quantitative estimate of drug-likeness (QED) is 0.840. The van der Waals surface area contributed by atoms with Crippen molar-refractivity contribution < 1.29 is 0 Å². The van der Waals surface area contributed by atoms with Crippen molar-refractivity contribution in [3.8, 4) is 0 Å². The maximum Gasteiger partial charge on any atom is 0.0312 e. The van der Waals surface area contributed by atoms with Crippen molar-refractivity contribution in [1.29, 1.82) is 0 Å². The largest absolute Gasteiger partial charge is 0.309 e. The highest BCUT2D eigenvalue weighted by atomic mass is 15.2. The number of rotatable bonds is 4. The van der Waals surface area contributed by atoms with Gasteiger partial charge in [-0.25, -0.2) is 0 Å². The highest BCUT2D eigenvalue weighted by molar-refractivity contribution is 5.09. The minimum atomic E-state index is 0.905. The van der Waals surface area contributed by atoms with Crippen molar-refractivity contribution in [2.75, 3.05) is 33.7 Å². The third-order valence-corrected chi connectivity index (χ3v) is 5.05. The van der Waals surface area contributed by atoms with Crippen molar-refractivity contribution in [1.82, 2.24) is 14.8 Å². The smallest absolute Gasteiger partial charge is 0.0312 e. The molecule has 1 aliphatic heterocycles. The van der Waals surface area contributed by atoms with Crippen LogP contribution < -0.4 is 0 Å². The molecule has 20 heavy (non-hydrogen) atoms. The van der Waals surface area contributed by atoms with E-state index in [-0.39, 0.29) is 0 Å². The van der Waals surface area contributed by atoms with Gasteiger partial charge in [-0.1, -0.05) is 12.5 Å². The Kier molecular flexibility index (Phi) is 4.37. The van der Waals surface area contributed by atoms with Gasteiger partial charge >= 0.3 is 0 Å². The minimum Gasteiger partial charge on any atom is -0.309 e.